The van der Waals surface area contributed by atoms with Crippen molar-refractivity contribution in [1.29, 1.82) is 0 Å². The van der Waals surface area contributed by atoms with E-state index >= 15 is 0 Å². The van der Waals surface area contributed by atoms with Crippen LogP contribution in [0, 0.1) is 5.41 Å². The number of rotatable bonds is 4. The molecule has 1 aromatic heterocycles. The van der Waals surface area contributed by atoms with Crippen molar-refractivity contribution in [3.63, 3.8) is 0 Å². The van der Waals surface area contributed by atoms with Gasteiger partial charge in [-0.15, -0.1) is 11.3 Å². The Labute approximate surface area is 172 Å². The zero-order valence-corrected chi connectivity index (χ0v) is 17.8. The summed E-state index contributed by atoms with van der Waals surface area (Å²) in [6.45, 7) is 1.81. The highest BCUT2D eigenvalue weighted by molar-refractivity contribution is 7.10. The van der Waals surface area contributed by atoms with E-state index in [0.29, 0.717) is 5.41 Å². The van der Waals surface area contributed by atoms with E-state index in [2.05, 4.69) is 41.4 Å². The highest BCUT2D eigenvalue weighted by atomic mass is 32.1. The maximum absolute atomic E-state index is 12.7. The molecule has 2 aromatic rings. The number of carbonyl (C=O) groups excluding carboxylic acids is 1. The van der Waals surface area contributed by atoms with Gasteiger partial charge in [0.25, 0.3) is 0 Å². The van der Waals surface area contributed by atoms with Crippen molar-refractivity contribution < 1.29 is 4.79 Å². The molecule has 4 rings (SSSR count). The molecule has 1 amide bonds. The Hall–Kier alpha value is -1.91. The number of carbonyl (C=O) groups is 1. The first-order chi connectivity index (χ1) is 13.5. The van der Waals surface area contributed by atoms with Gasteiger partial charge >= 0.3 is 0 Å². The molecule has 0 bridgehead atoms. The summed E-state index contributed by atoms with van der Waals surface area (Å²) in [5, 5.41) is 2.19. The molecule has 1 saturated heterocycles. The van der Waals surface area contributed by atoms with Gasteiger partial charge in [-0.2, -0.15) is 0 Å². The van der Waals surface area contributed by atoms with Crippen LogP contribution in [0.4, 0.5) is 0 Å². The largest absolute Gasteiger partial charge is 0.339 e. The smallest absolute Gasteiger partial charge is 0.246 e. The van der Waals surface area contributed by atoms with Crippen molar-refractivity contribution in [2.45, 2.75) is 37.6 Å². The normalized spacial score (nSPS) is 27.9. The molecule has 0 radical (unpaired) electrons. The van der Waals surface area contributed by atoms with Gasteiger partial charge < -0.3 is 4.90 Å². The lowest BCUT2D eigenvalue weighted by atomic mass is 9.66. The minimum absolute atomic E-state index is 0.156. The van der Waals surface area contributed by atoms with Gasteiger partial charge in [-0.1, -0.05) is 36.4 Å². The van der Waals surface area contributed by atoms with Gasteiger partial charge in [0.15, 0.2) is 0 Å². The Kier molecular flexibility index (Phi) is 5.44. The van der Waals surface area contributed by atoms with Crippen LogP contribution in [-0.2, 0) is 10.3 Å². The third-order valence-electron chi connectivity index (χ3n) is 6.94. The van der Waals surface area contributed by atoms with Crippen molar-refractivity contribution in [3.05, 3.63) is 64.4 Å². The Morgan fingerprint density at radius 3 is 2.43 bits per heavy atom. The van der Waals surface area contributed by atoms with Crippen LogP contribution in [0.5, 0.6) is 0 Å². The summed E-state index contributed by atoms with van der Waals surface area (Å²) in [6.07, 6.45) is 9.59. The zero-order chi connectivity index (χ0) is 19.6. The Bertz CT molecular complexity index is 818. The van der Waals surface area contributed by atoms with Crippen LogP contribution in [0.3, 0.4) is 0 Å². The summed E-state index contributed by atoms with van der Waals surface area (Å²) < 4.78 is 0. The fourth-order valence-corrected chi connectivity index (χ4v) is 6.09. The van der Waals surface area contributed by atoms with E-state index in [4.69, 9.17) is 0 Å². The lowest BCUT2D eigenvalue weighted by Gasteiger charge is -2.48. The number of nitrogens with zero attached hydrogens (tertiary/aromatic N) is 2. The SMILES string of the molecule is CN(C)C1(c2cccs2)CCC2(CCN(C(=O)/C=C\c3ccccc3)C2)CC1. The van der Waals surface area contributed by atoms with E-state index in [1.54, 1.807) is 6.08 Å². The quantitative estimate of drug-likeness (QED) is 0.681. The van der Waals surface area contributed by atoms with E-state index in [0.717, 1.165) is 25.1 Å². The maximum Gasteiger partial charge on any atom is 0.246 e. The summed E-state index contributed by atoms with van der Waals surface area (Å²) in [6, 6.07) is 14.5. The molecule has 28 heavy (non-hydrogen) atoms. The topological polar surface area (TPSA) is 23.6 Å². The van der Waals surface area contributed by atoms with Crippen molar-refractivity contribution in [2.75, 3.05) is 27.2 Å². The molecule has 148 valence electrons. The molecular weight excluding hydrogens is 364 g/mol. The molecule has 2 fully saturated rings. The number of hydrogen-bond acceptors (Lipinski definition) is 3. The van der Waals surface area contributed by atoms with E-state index in [1.807, 2.05) is 47.7 Å². The van der Waals surface area contributed by atoms with Crippen LogP contribution in [0.15, 0.2) is 53.9 Å². The molecule has 1 spiro atoms. The van der Waals surface area contributed by atoms with E-state index in [1.165, 1.54) is 30.6 Å². The third-order valence-corrected chi connectivity index (χ3v) is 8.00. The second-order valence-electron chi connectivity index (χ2n) is 8.66. The van der Waals surface area contributed by atoms with Crippen molar-refractivity contribution in [3.8, 4) is 0 Å². The van der Waals surface area contributed by atoms with E-state index < -0.39 is 0 Å². The number of amides is 1. The Morgan fingerprint density at radius 2 is 1.79 bits per heavy atom. The van der Waals surface area contributed by atoms with Crippen molar-refractivity contribution in [1.82, 2.24) is 9.80 Å². The fraction of sp³-hybridized carbons (Fsp3) is 0.458. The summed E-state index contributed by atoms with van der Waals surface area (Å²) in [5.41, 5.74) is 1.56. The molecule has 2 heterocycles. The maximum atomic E-state index is 12.7. The second kappa shape index (κ2) is 7.84. The predicted octanol–water partition coefficient (Wildman–Crippen LogP) is 5.01. The van der Waals surface area contributed by atoms with Gasteiger partial charge in [0.05, 0.1) is 5.54 Å². The summed E-state index contributed by atoms with van der Waals surface area (Å²) >= 11 is 1.88. The third kappa shape index (κ3) is 3.68. The van der Waals surface area contributed by atoms with Crippen molar-refractivity contribution in [2.24, 2.45) is 5.41 Å². The first kappa shape index (κ1) is 19.4. The van der Waals surface area contributed by atoms with Gasteiger partial charge in [0.2, 0.25) is 5.91 Å². The molecule has 0 unspecified atom stereocenters. The minimum atomic E-state index is 0.156. The predicted molar refractivity (Wildman–Crippen MR) is 117 cm³/mol. The lowest BCUT2D eigenvalue weighted by molar-refractivity contribution is -0.125. The molecule has 1 aromatic carbocycles. The second-order valence-corrected chi connectivity index (χ2v) is 9.60. The van der Waals surface area contributed by atoms with Gasteiger partial charge in [0.1, 0.15) is 0 Å². The van der Waals surface area contributed by atoms with Crippen LogP contribution in [0.1, 0.15) is 42.5 Å². The molecule has 3 nitrogen and oxygen atoms in total. The zero-order valence-electron chi connectivity index (χ0n) is 16.9. The molecule has 4 heteroatoms. The van der Waals surface area contributed by atoms with Crippen LogP contribution in [-0.4, -0.2) is 42.9 Å². The van der Waals surface area contributed by atoms with Crippen LogP contribution in [0.25, 0.3) is 6.08 Å². The van der Waals surface area contributed by atoms with Gasteiger partial charge in [-0.3, -0.25) is 9.69 Å². The average molecular weight is 395 g/mol. The number of benzene rings is 1. The standard InChI is InChI=1S/C24H30N2OS/c1-25(2)24(21-9-6-18-28-21)14-12-23(13-15-24)16-17-26(19-23)22(27)11-10-20-7-4-3-5-8-20/h3-11,18H,12-17,19H2,1-2H3/b11-10-. The van der Waals surface area contributed by atoms with Crippen LogP contribution >= 0.6 is 11.3 Å². The molecule has 0 N–H and O–H groups in total. The fourth-order valence-electron chi connectivity index (χ4n) is 5.02. The number of likely N-dealkylation sites (tertiary alicyclic amines) is 1. The highest BCUT2D eigenvalue weighted by Crippen LogP contribution is 2.52. The van der Waals surface area contributed by atoms with E-state index in [9.17, 15) is 4.79 Å². The van der Waals surface area contributed by atoms with Crippen molar-refractivity contribution >= 4 is 23.3 Å². The Morgan fingerprint density at radius 1 is 1.04 bits per heavy atom. The van der Waals surface area contributed by atoms with Gasteiger partial charge in [-0.05, 0) is 74.7 Å². The molecule has 2 aliphatic rings. The minimum Gasteiger partial charge on any atom is -0.339 e. The lowest BCUT2D eigenvalue weighted by Crippen LogP contribution is -2.47. The Balaban J connectivity index is 1.40. The average Bonchev–Trinajstić information content (AvgIpc) is 3.39. The first-order valence-corrected chi connectivity index (χ1v) is 11.1. The molecule has 0 atom stereocenters. The van der Waals surface area contributed by atoms with Gasteiger partial charge in [0, 0.05) is 24.0 Å². The molecule has 1 saturated carbocycles. The molecule has 1 aliphatic heterocycles. The number of hydrogen-bond donors (Lipinski definition) is 0. The monoisotopic (exact) mass is 394 g/mol. The molecule has 1 aliphatic carbocycles. The van der Waals surface area contributed by atoms with Gasteiger partial charge in [-0.25, -0.2) is 0 Å². The number of thiophene rings is 1. The summed E-state index contributed by atoms with van der Waals surface area (Å²) in [5.74, 6) is 0.156. The molecular formula is C24H30N2OS. The van der Waals surface area contributed by atoms with Crippen LogP contribution in [0.2, 0.25) is 0 Å². The highest BCUT2D eigenvalue weighted by Gasteiger charge is 2.48. The summed E-state index contributed by atoms with van der Waals surface area (Å²) in [7, 11) is 4.44. The van der Waals surface area contributed by atoms with Crippen LogP contribution < -0.4 is 0 Å². The van der Waals surface area contributed by atoms with E-state index in [-0.39, 0.29) is 11.4 Å². The summed E-state index contributed by atoms with van der Waals surface area (Å²) in [4.78, 5) is 18.7. The first-order valence-electron chi connectivity index (χ1n) is 10.3.